The summed E-state index contributed by atoms with van der Waals surface area (Å²) in [5, 5.41) is 4.05. The Hall–Kier alpha value is -1.95. The first-order valence-corrected chi connectivity index (χ1v) is 6.22. The van der Waals surface area contributed by atoms with Crippen LogP contribution in [0.15, 0.2) is 24.5 Å². The maximum Gasteiger partial charge on any atom is 0.164 e. The van der Waals surface area contributed by atoms with E-state index in [0.29, 0.717) is 24.5 Å². The Kier molecular flexibility index (Phi) is 4.46. The third-order valence-electron chi connectivity index (χ3n) is 2.73. The monoisotopic (exact) mass is 264 g/mol. The molecule has 1 heterocycles. The number of halogens is 1. The first-order chi connectivity index (χ1) is 9.22. The van der Waals surface area contributed by atoms with Crippen molar-refractivity contribution in [1.29, 1.82) is 0 Å². The van der Waals surface area contributed by atoms with Gasteiger partial charge in [-0.05, 0) is 37.6 Å². The molecule has 5 nitrogen and oxygen atoms in total. The maximum atomic E-state index is 13.4. The molecule has 1 aromatic carbocycles. The summed E-state index contributed by atoms with van der Waals surface area (Å²) in [5.74, 6) is 0.874. The standard InChI is InChI=1S/C13H17FN4O/c1-2-18-13(16-9-17-18)8-19-12-6-10(3-4-15)5-11(14)7-12/h5-7,9H,2-4,8,15H2,1H3. The molecule has 1 aromatic heterocycles. The van der Waals surface area contributed by atoms with E-state index in [0.717, 1.165) is 12.1 Å². The Morgan fingerprint density at radius 2 is 2.21 bits per heavy atom. The highest BCUT2D eigenvalue weighted by Crippen LogP contribution is 2.17. The lowest BCUT2D eigenvalue weighted by Gasteiger charge is -2.08. The van der Waals surface area contributed by atoms with Crippen LogP contribution in [0.4, 0.5) is 4.39 Å². The van der Waals surface area contributed by atoms with E-state index in [1.807, 2.05) is 6.92 Å². The largest absolute Gasteiger partial charge is 0.486 e. The molecule has 6 heteroatoms. The lowest BCUT2D eigenvalue weighted by molar-refractivity contribution is 0.285. The molecule has 19 heavy (non-hydrogen) atoms. The fraction of sp³-hybridized carbons (Fsp3) is 0.385. The molecule has 0 aliphatic rings. The number of hydrogen-bond acceptors (Lipinski definition) is 4. The third kappa shape index (κ3) is 3.51. The predicted molar refractivity (Wildman–Crippen MR) is 69.2 cm³/mol. The van der Waals surface area contributed by atoms with Crippen molar-refractivity contribution < 1.29 is 9.13 Å². The molecule has 0 amide bonds. The number of rotatable bonds is 6. The van der Waals surface area contributed by atoms with Gasteiger partial charge in [0, 0.05) is 12.6 Å². The van der Waals surface area contributed by atoms with E-state index >= 15 is 0 Å². The first-order valence-electron chi connectivity index (χ1n) is 6.22. The van der Waals surface area contributed by atoms with Crippen LogP contribution < -0.4 is 10.5 Å². The molecule has 0 spiro atoms. The highest BCUT2D eigenvalue weighted by molar-refractivity contribution is 5.29. The Bertz CT molecular complexity index is 541. The molecule has 2 aromatic rings. The van der Waals surface area contributed by atoms with Gasteiger partial charge >= 0.3 is 0 Å². The zero-order valence-corrected chi connectivity index (χ0v) is 10.8. The predicted octanol–water partition coefficient (Wildman–Crippen LogP) is 1.52. The van der Waals surface area contributed by atoms with E-state index in [2.05, 4.69) is 10.1 Å². The molecule has 0 aliphatic carbocycles. The minimum absolute atomic E-state index is 0.263. The molecule has 0 atom stereocenters. The third-order valence-corrected chi connectivity index (χ3v) is 2.73. The molecule has 0 aliphatic heterocycles. The number of aromatic nitrogens is 3. The number of hydrogen-bond donors (Lipinski definition) is 1. The number of benzene rings is 1. The molecule has 102 valence electrons. The molecule has 0 bridgehead atoms. The smallest absolute Gasteiger partial charge is 0.164 e. The maximum absolute atomic E-state index is 13.4. The second-order valence-electron chi connectivity index (χ2n) is 4.11. The summed E-state index contributed by atoms with van der Waals surface area (Å²) in [6.07, 6.45) is 2.10. The van der Waals surface area contributed by atoms with E-state index in [4.69, 9.17) is 10.5 Å². The van der Waals surface area contributed by atoms with Gasteiger partial charge in [0.05, 0.1) is 0 Å². The normalized spacial score (nSPS) is 10.7. The summed E-state index contributed by atoms with van der Waals surface area (Å²) in [7, 11) is 0. The summed E-state index contributed by atoms with van der Waals surface area (Å²) in [6.45, 7) is 3.44. The zero-order valence-electron chi connectivity index (χ0n) is 10.8. The van der Waals surface area contributed by atoms with Crippen LogP contribution >= 0.6 is 0 Å². The fourth-order valence-corrected chi connectivity index (χ4v) is 1.83. The van der Waals surface area contributed by atoms with Crippen LogP contribution in [-0.2, 0) is 19.6 Å². The SMILES string of the molecule is CCn1ncnc1COc1cc(F)cc(CCN)c1. The van der Waals surface area contributed by atoms with Gasteiger partial charge < -0.3 is 10.5 Å². The molecule has 0 fully saturated rings. The van der Waals surface area contributed by atoms with Gasteiger partial charge in [0.2, 0.25) is 0 Å². The van der Waals surface area contributed by atoms with Crippen LogP contribution in [0, 0.1) is 5.82 Å². The van der Waals surface area contributed by atoms with Crippen LogP contribution in [0.5, 0.6) is 5.75 Å². The van der Waals surface area contributed by atoms with Gasteiger partial charge in [0.25, 0.3) is 0 Å². The lowest BCUT2D eigenvalue weighted by atomic mass is 10.1. The quantitative estimate of drug-likeness (QED) is 0.859. The topological polar surface area (TPSA) is 66.0 Å². The van der Waals surface area contributed by atoms with E-state index in [1.54, 1.807) is 10.7 Å². The Balaban J connectivity index is 2.06. The number of nitrogens with two attached hydrogens (primary N) is 1. The minimum Gasteiger partial charge on any atom is -0.486 e. The van der Waals surface area contributed by atoms with Crippen molar-refractivity contribution in [1.82, 2.24) is 14.8 Å². The molecule has 0 radical (unpaired) electrons. The first kappa shape index (κ1) is 13.5. The highest BCUT2D eigenvalue weighted by Gasteiger charge is 2.06. The summed E-state index contributed by atoms with van der Waals surface area (Å²) >= 11 is 0. The van der Waals surface area contributed by atoms with E-state index in [9.17, 15) is 4.39 Å². The van der Waals surface area contributed by atoms with Gasteiger partial charge in [0.1, 0.15) is 24.5 Å². The molecular weight excluding hydrogens is 247 g/mol. The highest BCUT2D eigenvalue weighted by atomic mass is 19.1. The van der Waals surface area contributed by atoms with E-state index < -0.39 is 0 Å². The summed E-state index contributed by atoms with van der Waals surface area (Å²) in [6, 6.07) is 4.61. The van der Waals surface area contributed by atoms with E-state index in [-0.39, 0.29) is 12.4 Å². The van der Waals surface area contributed by atoms with Crippen LogP contribution in [0.2, 0.25) is 0 Å². The summed E-state index contributed by atoms with van der Waals surface area (Å²) < 4.78 is 20.7. The Morgan fingerprint density at radius 3 is 2.95 bits per heavy atom. The van der Waals surface area contributed by atoms with Crippen LogP contribution in [0.1, 0.15) is 18.3 Å². The summed E-state index contributed by atoms with van der Waals surface area (Å²) in [5.41, 5.74) is 6.29. The molecule has 0 saturated carbocycles. The fourth-order valence-electron chi connectivity index (χ4n) is 1.83. The lowest BCUT2D eigenvalue weighted by Crippen LogP contribution is -2.08. The van der Waals surface area contributed by atoms with Crippen LogP contribution in [0.25, 0.3) is 0 Å². The summed E-state index contributed by atoms with van der Waals surface area (Å²) in [4.78, 5) is 4.10. The average Bonchev–Trinajstić information content (AvgIpc) is 2.83. The van der Waals surface area contributed by atoms with Gasteiger partial charge in [0.15, 0.2) is 5.82 Å². The van der Waals surface area contributed by atoms with Crippen molar-refractivity contribution in [2.75, 3.05) is 6.54 Å². The second-order valence-corrected chi connectivity index (χ2v) is 4.11. The van der Waals surface area contributed by atoms with Crippen molar-refractivity contribution in [2.24, 2.45) is 5.73 Å². The second kappa shape index (κ2) is 6.29. The Labute approximate surface area is 111 Å². The van der Waals surface area contributed by atoms with Crippen molar-refractivity contribution in [2.45, 2.75) is 26.5 Å². The number of ether oxygens (including phenoxy) is 1. The van der Waals surface area contributed by atoms with Gasteiger partial charge in [-0.25, -0.2) is 14.1 Å². The van der Waals surface area contributed by atoms with Gasteiger partial charge in [-0.3, -0.25) is 0 Å². The molecule has 2 N–H and O–H groups in total. The zero-order chi connectivity index (χ0) is 13.7. The van der Waals surface area contributed by atoms with Crippen molar-refractivity contribution in [3.63, 3.8) is 0 Å². The van der Waals surface area contributed by atoms with Crippen molar-refractivity contribution in [3.05, 3.63) is 41.7 Å². The minimum atomic E-state index is -0.321. The van der Waals surface area contributed by atoms with Crippen molar-refractivity contribution >= 4 is 0 Å². The molecule has 2 rings (SSSR count). The van der Waals surface area contributed by atoms with Gasteiger partial charge in [-0.15, -0.1) is 0 Å². The van der Waals surface area contributed by atoms with Crippen molar-refractivity contribution in [3.8, 4) is 5.75 Å². The number of nitrogens with zero attached hydrogens (tertiary/aromatic N) is 3. The van der Waals surface area contributed by atoms with Gasteiger partial charge in [-0.2, -0.15) is 5.10 Å². The van der Waals surface area contributed by atoms with Crippen LogP contribution in [0.3, 0.4) is 0 Å². The van der Waals surface area contributed by atoms with E-state index in [1.165, 1.54) is 18.5 Å². The Morgan fingerprint density at radius 1 is 1.37 bits per heavy atom. The molecular formula is C13H17FN4O. The average molecular weight is 264 g/mol. The molecule has 0 unspecified atom stereocenters. The molecule has 0 saturated heterocycles. The van der Waals surface area contributed by atoms with Gasteiger partial charge in [-0.1, -0.05) is 0 Å². The number of aryl methyl sites for hydroxylation is 1. The van der Waals surface area contributed by atoms with Crippen LogP contribution in [-0.4, -0.2) is 21.3 Å².